The van der Waals surface area contributed by atoms with Gasteiger partial charge in [-0.25, -0.2) is 4.79 Å². The monoisotopic (exact) mass is 464 g/mol. The van der Waals surface area contributed by atoms with E-state index in [0.717, 1.165) is 56.4 Å². The molecule has 2 saturated heterocycles. The van der Waals surface area contributed by atoms with Crippen molar-refractivity contribution in [2.24, 2.45) is 11.3 Å². The van der Waals surface area contributed by atoms with Crippen molar-refractivity contribution in [1.29, 1.82) is 0 Å². The van der Waals surface area contributed by atoms with Gasteiger partial charge in [-0.2, -0.15) is 18.2 Å². The molecule has 33 heavy (non-hydrogen) atoms. The van der Waals surface area contributed by atoms with Crippen LogP contribution in [-0.4, -0.2) is 63.6 Å². The maximum absolute atomic E-state index is 10.6. The number of alkyl halides is 3. The zero-order valence-electron chi connectivity index (χ0n) is 17.9. The Bertz CT molecular complexity index is 1140. The number of likely N-dealkylation sites (tertiary alicyclic amines) is 1. The summed E-state index contributed by atoms with van der Waals surface area (Å²) >= 11 is 0. The zero-order chi connectivity index (χ0) is 23.6. The first-order chi connectivity index (χ1) is 15.6. The van der Waals surface area contributed by atoms with E-state index in [1.165, 1.54) is 5.39 Å². The smallest absolute Gasteiger partial charge is 0.475 e. The van der Waals surface area contributed by atoms with Gasteiger partial charge in [0.1, 0.15) is 0 Å². The minimum absolute atomic E-state index is 0.0792. The number of benzene rings is 1. The van der Waals surface area contributed by atoms with E-state index in [1.807, 2.05) is 19.1 Å². The third-order valence-electron chi connectivity index (χ3n) is 5.95. The van der Waals surface area contributed by atoms with Crippen LogP contribution < -0.4 is 0 Å². The molecule has 0 radical (unpaired) electrons. The average molecular weight is 464 g/mol. The number of aryl methyl sites for hydroxylation is 1. The van der Waals surface area contributed by atoms with Gasteiger partial charge in [0.25, 0.3) is 0 Å². The first-order valence-electron chi connectivity index (χ1n) is 10.4. The van der Waals surface area contributed by atoms with E-state index in [4.69, 9.17) is 24.1 Å². The van der Waals surface area contributed by atoms with Gasteiger partial charge in [-0.15, -0.1) is 0 Å². The maximum atomic E-state index is 10.6. The van der Waals surface area contributed by atoms with E-state index in [1.54, 1.807) is 0 Å². The molecule has 0 unspecified atom stereocenters. The number of carboxylic acids is 1. The SMILES string of the molecule is Cc1noc(C[C@]23COC[C@H]2CN(Cc2ccc4ccccc4n2)C3)n1.O=C(O)C(F)(F)F. The Hall–Kier alpha value is -3.05. The molecule has 11 heteroatoms. The summed E-state index contributed by atoms with van der Waals surface area (Å²) in [6.45, 7) is 6.32. The summed E-state index contributed by atoms with van der Waals surface area (Å²) in [5.74, 6) is -0.826. The number of pyridine rings is 1. The van der Waals surface area contributed by atoms with Gasteiger partial charge in [0.15, 0.2) is 5.82 Å². The molecule has 0 saturated carbocycles. The van der Waals surface area contributed by atoms with Crippen LogP contribution in [-0.2, 0) is 22.5 Å². The number of ether oxygens (including phenoxy) is 1. The molecule has 2 atom stereocenters. The van der Waals surface area contributed by atoms with Crippen molar-refractivity contribution in [3.8, 4) is 0 Å². The molecule has 0 bridgehead atoms. The lowest BCUT2D eigenvalue weighted by atomic mass is 9.78. The molecule has 5 rings (SSSR count). The molecular weight excluding hydrogens is 441 g/mol. The first kappa shape index (κ1) is 23.1. The summed E-state index contributed by atoms with van der Waals surface area (Å²) in [5, 5.41) is 12.2. The number of halogens is 3. The van der Waals surface area contributed by atoms with Crippen molar-refractivity contribution in [3.63, 3.8) is 0 Å². The molecule has 0 spiro atoms. The third-order valence-corrected chi connectivity index (χ3v) is 5.95. The summed E-state index contributed by atoms with van der Waals surface area (Å²) in [6, 6.07) is 12.6. The molecule has 1 N–H and O–H groups in total. The Morgan fingerprint density at radius 2 is 2.00 bits per heavy atom. The van der Waals surface area contributed by atoms with Gasteiger partial charge in [0.05, 0.1) is 24.4 Å². The molecule has 2 aliphatic rings. The largest absolute Gasteiger partial charge is 0.490 e. The molecule has 2 aromatic heterocycles. The number of aromatic nitrogens is 3. The van der Waals surface area contributed by atoms with Crippen molar-refractivity contribution in [2.45, 2.75) is 26.1 Å². The van der Waals surface area contributed by atoms with Crippen LogP contribution in [0.15, 0.2) is 40.9 Å². The van der Waals surface area contributed by atoms with Crippen LogP contribution in [0.1, 0.15) is 17.4 Å². The minimum Gasteiger partial charge on any atom is -0.475 e. The number of fused-ring (bicyclic) bond motifs is 2. The van der Waals surface area contributed by atoms with Crippen LogP contribution in [0, 0.1) is 18.3 Å². The topological polar surface area (TPSA) is 102 Å². The minimum atomic E-state index is -5.08. The number of hydrogen-bond donors (Lipinski definition) is 1. The Morgan fingerprint density at radius 3 is 2.70 bits per heavy atom. The van der Waals surface area contributed by atoms with Gasteiger partial charge < -0.3 is 14.4 Å². The van der Waals surface area contributed by atoms with Crippen molar-refractivity contribution >= 4 is 16.9 Å². The van der Waals surface area contributed by atoms with Crippen LogP contribution >= 0.6 is 0 Å². The second-order valence-electron chi connectivity index (χ2n) is 8.45. The van der Waals surface area contributed by atoms with Crippen LogP contribution in [0.3, 0.4) is 0 Å². The Kier molecular flexibility index (Phi) is 6.35. The average Bonchev–Trinajstić information content (AvgIpc) is 3.41. The predicted octanol–water partition coefficient (Wildman–Crippen LogP) is 3.25. The van der Waals surface area contributed by atoms with Crippen molar-refractivity contribution in [3.05, 3.63) is 53.8 Å². The van der Waals surface area contributed by atoms with E-state index in [0.29, 0.717) is 11.7 Å². The normalized spacial score (nSPS) is 22.7. The molecule has 0 amide bonds. The van der Waals surface area contributed by atoms with Crippen LogP contribution in [0.25, 0.3) is 10.9 Å². The first-order valence-corrected chi connectivity index (χ1v) is 10.4. The fourth-order valence-corrected chi connectivity index (χ4v) is 4.45. The number of hydrogen-bond acceptors (Lipinski definition) is 7. The summed E-state index contributed by atoms with van der Waals surface area (Å²) in [6.07, 6.45) is -4.29. The Morgan fingerprint density at radius 1 is 1.24 bits per heavy atom. The van der Waals surface area contributed by atoms with Gasteiger partial charge in [-0.3, -0.25) is 9.88 Å². The second kappa shape index (κ2) is 9.06. The Balaban J connectivity index is 0.000000325. The van der Waals surface area contributed by atoms with Crippen LogP contribution in [0.5, 0.6) is 0 Å². The molecule has 3 aromatic rings. The predicted molar refractivity (Wildman–Crippen MR) is 110 cm³/mol. The molecule has 0 aliphatic carbocycles. The highest BCUT2D eigenvalue weighted by Crippen LogP contribution is 2.44. The highest BCUT2D eigenvalue weighted by molar-refractivity contribution is 5.78. The van der Waals surface area contributed by atoms with Gasteiger partial charge in [0, 0.05) is 42.8 Å². The standard InChI is InChI=1S/C20H22N4O2.C2HF3O2/c1-14-21-19(26-23-14)8-20-12-24(9-16(20)11-25-13-20)10-17-7-6-15-4-2-3-5-18(15)22-17;3-2(4,5)1(6)7/h2-7,16H,8-13H2,1H3;(H,6,7)/t16-,20+;/m1./s1. The lowest BCUT2D eigenvalue weighted by molar-refractivity contribution is -0.192. The van der Waals surface area contributed by atoms with Gasteiger partial charge in [-0.1, -0.05) is 29.4 Å². The van der Waals surface area contributed by atoms with Gasteiger partial charge in [0.2, 0.25) is 5.89 Å². The number of carbonyl (C=O) groups is 1. The molecule has 2 fully saturated rings. The highest BCUT2D eigenvalue weighted by Gasteiger charge is 2.51. The maximum Gasteiger partial charge on any atom is 0.490 e. The van der Waals surface area contributed by atoms with Crippen LogP contribution in [0.4, 0.5) is 13.2 Å². The number of rotatable bonds is 4. The number of nitrogens with zero attached hydrogens (tertiary/aromatic N) is 4. The molecule has 8 nitrogen and oxygen atoms in total. The van der Waals surface area contributed by atoms with Crippen molar-refractivity contribution in [1.82, 2.24) is 20.0 Å². The van der Waals surface area contributed by atoms with Crippen LogP contribution in [0.2, 0.25) is 0 Å². The molecule has 1 aromatic carbocycles. The third kappa shape index (κ3) is 5.31. The number of aliphatic carboxylic acids is 1. The van der Waals surface area contributed by atoms with Gasteiger partial charge in [-0.05, 0) is 19.1 Å². The fourth-order valence-electron chi connectivity index (χ4n) is 4.45. The van der Waals surface area contributed by atoms with Crippen molar-refractivity contribution in [2.75, 3.05) is 26.3 Å². The van der Waals surface area contributed by atoms with E-state index >= 15 is 0 Å². The molecule has 4 heterocycles. The quantitative estimate of drug-likeness (QED) is 0.628. The zero-order valence-corrected chi connectivity index (χ0v) is 17.9. The molecule has 176 valence electrons. The highest BCUT2D eigenvalue weighted by atomic mass is 19.4. The number of para-hydroxylation sites is 1. The lowest BCUT2D eigenvalue weighted by Gasteiger charge is -2.25. The molecule has 2 aliphatic heterocycles. The summed E-state index contributed by atoms with van der Waals surface area (Å²) in [7, 11) is 0. The Labute approximate surface area is 187 Å². The van der Waals surface area contributed by atoms with Crippen molar-refractivity contribution < 1.29 is 32.3 Å². The fraction of sp³-hybridized carbons (Fsp3) is 0.455. The number of carboxylic acid groups (broad SMARTS) is 1. The lowest BCUT2D eigenvalue weighted by Crippen LogP contribution is -2.33. The second-order valence-corrected chi connectivity index (χ2v) is 8.45. The summed E-state index contributed by atoms with van der Waals surface area (Å²) in [4.78, 5) is 20.6. The van der Waals surface area contributed by atoms with E-state index in [9.17, 15) is 13.2 Å². The summed E-state index contributed by atoms with van der Waals surface area (Å²) < 4.78 is 42.9. The van der Waals surface area contributed by atoms with E-state index in [2.05, 4.69) is 39.3 Å². The van der Waals surface area contributed by atoms with E-state index < -0.39 is 12.1 Å². The van der Waals surface area contributed by atoms with Gasteiger partial charge >= 0.3 is 12.1 Å². The van der Waals surface area contributed by atoms with E-state index in [-0.39, 0.29) is 5.41 Å². The molecular formula is C22H23F3N4O4. The summed E-state index contributed by atoms with van der Waals surface area (Å²) in [5.41, 5.74) is 2.26.